The summed E-state index contributed by atoms with van der Waals surface area (Å²) in [6, 6.07) is 14.5. The number of aliphatic hydroxyl groups is 1. The standard InChI is InChI=1S/C23H32N2O3S/c1-18-4-3-5-19(12-18)14-24-15-20-6-7-22(23(13-20)27-2)28-17-21(26)16-25-8-10-29-11-9-25/h3-7,12-13,21,24,26H,8-11,14-17H2,1-2H3. The number of rotatable bonds is 10. The van der Waals surface area contributed by atoms with Crippen LogP contribution >= 0.6 is 11.8 Å². The fourth-order valence-electron chi connectivity index (χ4n) is 3.43. The van der Waals surface area contributed by atoms with Crippen molar-refractivity contribution in [3.63, 3.8) is 0 Å². The summed E-state index contributed by atoms with van der Waals surface area (Å²) in [7, 11) is 1.65. The highest BCUT2D eigenvalue weighted by atomic mass is 32.2. The number of nitrogens with zero attached hydrogens (tertiary/aromatic N) is 1. The summed E-state index contributed by atoms with van der Waals surface area (Å²) >= 11 is 1.97. The van der Waals surface area contributed by atoms with Crippen molar-refractivity contribution in [2.75, 3.05) is 44.9 Å². The molecular weight excluding hydrogens is 384 g/mol. The van der Waals surface area contributed by atoms with E-state index in [1.807, 2.05) is 30.0 Å². The van der Waals surface area contributed by atoms with Gasteiger partial charge in [-0.25, -0.2) is 0 Å². The topological polar surface area (TPSA) is 54.0 Å². The Hall–Kier alpha value is -1.73. The van der Waals surface area contributed by atoms with Crippen molar-refractivity contribution in [3.8, 4) is 11.5 Å². The lowest BCUT2D eigenvalue weighted by molar-refractivity contribution is 0.0705. The van der Waals surface area contributed by atoms with Gasteiger partial charge in [-0.2, -0.15) is 11.8 Å². The minimum absolute atomic E-state index is 0.269. The van der Waals surface area contributed by atoms with Crippen LogP contribution in [-0.2, 0) is 13.1 Å². The van der Waals surface area contributed by atoms with E-state index < -0.39 is 6.10 Å². The van der Waals surface area contributed by atoms with E-state index in [2.05, 4.69) is 41.4 Å². The van der Waals surface area contributed by atoms with Gasteiger partial charge in [0.05, 0.1) is 7.11 Å². The molecule has 0 bridgehead atoms. The Morgan fingerprint density at radius 2 is 1.83 bits per heavy atom. The lowest BCUT2D eigenvalue weighted by atomic mass is 10.1. The number of benzene rings is 2. The third kappa shape index (κ3) is 7.23. The summed E-state index contributed by atoms with van der Waals surface area (Å²) in [5, 5.41) is 13.8. The van der Waals surface area contributed by atoms with Crippen molar-refractivity contribution < 1.29 is 14.6 Å². The fraction of sp³-hybridized carbons (Fsp3) is 0.478. The van der Waals surface area contributed by atoms with Gasteiger partial charge in [-0.3, -0.25) is 4.90 Å². The number of hydrogen-bond acceptors (Lipinski definition) is 6. The minimum atomic E-state index is -0.501. The number of thioether (sulfide) groups is 1. The van der Waals surface area contributed by atoms with Crippen molar-refractivity contribution in [1.29, 1.82) is 0 Å². The molecular formula is C23H32N2O3S. The minimum Gasteiger partial charge on any atom is -0.493 e. The van der Waals surface area contributed by atoms with Gasteiger partial charge in [-0.15, -0.1) is 0 Å². The Labute approximate surface area is 178 Å². The van der Waals surface area contributed by atoms with Gasteiger partial charge < -0.3 is 19.9 Å². The average molecular weight is 417 g/mol. The molecule has 1 aliphatic heterocycles. The molecule has 0 aliphatic carbocycles. The third-order valence-corrected chi connectivity index (χ3v) is 5.92. The van der Waals surface area contributed by atoms with Gasteiger partial charge in [-0.05, 0) is 30.2 Å². The van der Waals surface area contributed by atoms with Crippen molar-refractivity contribution in [2.45, 2.75) is 26.1 Å². The van der Waals surface area contributed by atoms with Crippen LogP contribution in [0.5, 0.6) is 11.5 Å². The Morgan fingerprint density at radius 3 is 2.55 bits per heavy atom. The Kier molecular flexibility index (Phi) is 8.68. The predicted molar refractivity (Wildman–Crippen MR) is 120 cm³/mol. The maximum Gasteiger partial charge on any atom is 0.161 e. The summed E-state index contributed by atoms with van der Waals surface area (Å²) in [6.07, 6.45) is -0.501. The third-order valence-electron chi connectivity index (χ3n) is 4.97. The number of hydrogen-bond donors (Lipinski definition) is 2. The highest BCUT2D eigenvalue weighted by molar-refractivity contribution is 7.99. The first kappa shape index (κ1) is 22.0. The molecule has 0 spiro atoms. The zero-order chi connectivity index (χ0) is 20.5. The second kappa shape index (κ2) is 11.5. The highest BCUT2D eigenvalue weighted by Crippen LogP contribution is 2.28. The Morgan fingerprint density at radius 1 is 1.07 bits per heavy atom. The van der Waals surface area contributed by atoms with Crippen LogP contribution < -0.4 is 14.8 Å². The summed E-state index contributed by atoms with van der Waals surface area (Å²) in [4.78, 5) is 2.30. The zero-order valence-electron chi connectivity index (χ0n) is 17.4. The molecule has 1 atom stereocenters. The van der Waals surface area contributed by atoms with Crippen LogP contribution in [0.15, 0.2) is 42.5 Å². The van der Waals surface area contributed by atoms with Gasteiger partial charge >= 0.3 is 0 Å². The second-order valence-electron chi connectivity index (χ2n) is 7.46. The van der Waals surface area contributed by atoms with Crippen molar-refractivity contribution in [2.24, 2.45) is 0 Å². The number of β-amino-alcohol motifs (C(OH)–C–C–N with tert-alkyl or cyclic N) is 1. The van der Waals surface area contributed by atoms with Crippen LogP contribution in [0.3, 0.4) is 0 Å². The van der Waals surface area contributed by atoms with E-state index in [0.29, 0.717) is 18.0 Å². The molecule has 1 saturated heterocycles. The van der Waals surface area contributed by atoms with Crippen molar-refractivity contribution in [1.82, 2.24) is 10.2 Å². The van der Waals surface area contributed by atoms with Gasteiger partial charge in [0.25, 0.3) is 0 Å². The molecule has 29 heavy (non-hydrogen) atoms. The summed E-state index contributed by atoms with van der Waals surface area (Å²) in [6.45, 7) is 6.68. The normalized spacial score (nSPS) is 15.8. The van der Waals surface area contributed by atoms with Gasteiger partial charge in [0.2, 0.25) is 0 Å². The molecule has 1 aliphatic rings. The Bertz CT molecular complexity index is 766. The molecule has 158 valence electrons. The molecule has 6 heteroatoms. The Balaban J connectivity index is 1.47. The summed E-state index contributed by atoms with van der Waals surface area (Å²) in [5.74, 6) is 3.64. The molecule has 3 rings (SSSR count). The first-order valence-electron chi connectivity index (χ1n) is 10.2. The molecule has 1 unspecified atom stereocenters. The molecule has 2 aromatic carbocycles. The summed E-state index contributed by atoms with van der Waals surface area (Å²) < 4.78 is 11.3. The highest BCUT2D eigenvalue weighted by Gasteiger charge is 2.16. The number of nitrogens with one attached hydrogen (secondary N) is 1. The first-order chi connectivity index (χ1) is 14.1. The molecule has 0 amide bonds. The number of aryl methyl sites for hydroxylation is 1. The maximum absolute atomic E-state index is 10.3. The average Bonchev–Trinajstić information content (AvgIpc) is 2.73. The van der Waals surface area contributed by atoms with Crippen molar-refractivity contribution in [3.05, 3.63) is 59.2 Å². The van der Waals surface area contributed by atoms with Crippen LogP contribution in [0.1, 0.15) is 16.7 Å². The van der Waals surface area contributed by atoms with E-state index in [-0.39, 0.29) is 6.61 Å². The molecule has 2 aromatic rings. The molecule has 5 nitrogen and oxygen atoms in total. The molecule has 0 saturated carbocycles. The van der Waals surface area contributed by atoms with Crippen LogP contribution in [0.25, 0.3) is 0 Å². The predicted octanol–water partition coefficient (Wildman–Crippen LogP) is 3.08. The van der Waals surface area contributed by atoms with E-state index in [1.165, 1.54) is 11.1 Å². The van der Waals surface area contributed by atoms with Crippen LogP contribution in [0.4, 0.5) is 0 Å². The molecule has 0 aromatic heterocycles. The number of methoxy groups -OCH3 is 1. The second-order valence-corrected chi connectivity index (χ2v) is 8.68. The van der Waals surface area contributed by atoms with Gasteiger partial charge in [0, 0.05) is 44.2 Å². The SMILES string of the molecule is COc1cc(CNCc2cccc(C)c2)ccc1OCC(O)CN1CCSCC1. The van der Waals surface area contributed by atoms with Gasteiger partial charge in [-0.1, -0.05) is 35.9 Å². The fourth-order valence-corrected chi connectivity index (χ4v) is 4.41. The number of ether oxygens (including phenoxy) is 2. The lowest BCUT2D eigenvalue weighted by Gasteiger charge is -2.28. The van der Waals surface area contributed by atoms with Crippen molar-refractivity contribution >= 4 is 11.8 Å². The molecule has 1 fully saturated rings. The summed E-state index contributed by atoms with van der Waals surface area (Å²) in [5.41, 5.74) is 3.68. The molecule has 2 N–H and O–H groups in total. The monoisotopic (exact) mass is 416 g/mol. The van der Waals surface area contributed by atoms with Gasteiger partial charge in [0.1, 0.15) is 12.7 Å². The zero-order valence-corrected chi connectivity index (χ0v) is 18.2. The van der Waals surface area contributed by atoms with Crippen LogP contribution in [-0.4, -0.2) is 61.0 Å². The molecule has 1 heterocycles. The van der Waals surface area contributed by atoms with E-state index >= 15 is 0 Å². The van der Waals surface area contributed by atoms with E-state index in [1.54, 1.807) is 7.11 Å². The van der Waals surface area contributed by atoms with Gasteiger partial charge in [0.15, 0.2) is 11.5 Å². The maximum atomic E-state index is 10.3. The first-order valence-corrected chi connectivity index (χ1v) is 11.3. The van der Waals surface area contributed by atoms with E-state index in [4.69, 9.17) is 9.47 Å². The molecule has 0 radical (unpaired) electrons. The van der Waals surface area contributed by atoms with E-state index in [9.17, 15) is 5.11 Å². The quantitative estimate of drug-likeness (QED) is 0.621. The number of aliphatic hydroxyl groups excluding tert-OH is 1. The smallest absolute Gasteiger partial charge is 0.161 e. The van der Waals surface area contributed by atoms with Crippen LogP contribution in [0, 0.1) is 6.92 Å². The van der Waals surface area contributed by atoms with E-state index in [0.717, 1.165) is 43.2 Å². The van der Waals surface area contributed by atoms with Crippen LogP contribution in [0.2, 0.25) is 0 Å². The largest absolute Gasteiger partial charge is 0.493 e. The lowest BCUT2D eigenvalue weighted by Crippen LogP contribution is -2.40.